The maximum absolute atomic E-state index is 13.3. The van der Waals surface area contributed by atoms with Gasteiger partial charge in [0.05, 0.1) is 23.4 Å². The van der Waals surface area contributed by atoms with E-state index in [4.69, 9.17) is 16.3 Å². The van der Waals surface area contributed by atoms with Crippen LogP contribution in [-0.4, -0.2) is 63.9 Å². The number of pyridine rings is 1. The van der Waals surface area contributed by atoms with Crippen molar-refractivity contribution < 1.29 is 19.1 Å². The summed E-state index contributed by atoms with van der Waals surface area (Å²) in [5.41, 5.74) is 0.248. The van der Waals surface area contributed by atoms with Crippen LogP contribution in [0.1, 0.15) is 20.8 Å². The molecule has 0 bridgehead atoms. The molecule has 178 valence electrons. The third-order valence-electron chi connectivity index (χ3n) is 4.32. The number of hydrogen-bond donors (Lipinski definition) is 1. The normalized spacial score (nSPS) is 10.8. The van der Waals surface area contributed by atoms with Gasteiger partial charge in [-0.2, -0.15) is 10.1 Å². The first-order valence-electron chi connectivity index (χ1n) is 9.31. The van der Waals surface area contributed by atoms with Crippen LogP contribution in [0.25, 0.3) is 5.82 Å². The zero-order valence-corrected chi connectivity index (χ0v) is 23.4. The highest BCUT2D eigenvalue weighted by molar-refractivity contribution is 9.11. The molecule has 3 aromatic rings. The molecule has 1 aromatic carbocycles. The predicted molar refractivity (Wildman–Crippen MR) is 136 cm³/mol. The van der Waals surface area contributed by atoms with Gasteiger partial charge >= 0.3 is 6.09 Å². The van der Waals surface area contributed by atoms with E-state index in [2.05, 4.69) is 63.2 Å². The minimum atomic E-state index is -0.893. The van der Waals surface area contributed by atoms with Gasteiger partial charge in [-0.05, 0) is 56.1 Å². The third kappa shape index (κ3) is 5.49. The van der Waals surface area contributed by atoms with Gasteiger partial charge in [0, 0.05) is 35.3 Å². The monoisotopic (exact) mass is 676 g/mol. The first kappa shape index (κ1) is 26.3. The number of anilines is 1. The number of methoxy groups -OCH3 is 1. The van der Waals surface area contributed by atoms with Gasteiger partial charge in [-0.25, -0.2) is 19.5 Å². The maximum atomic E-state index is 13.3. The van der Waals surface area contributed by atoms with Crippen LogP contribution in [-0.2, 0) is 4.74 Å². The highest BCUT2D eigenvalue weighted by Gasteiger charge is 2.30. The fourth-order valence-corrected chi connectivity index (χ4v) is 4.79. The molecule has 0 fully saturated rings. The van der Waals surface area contributed by atoms with Crippen molar-refractivity contribution in [2.24, 2.45) is 0 Å². The molecule has 2 aromatic heterocycles. The van der Waals surface area contributed by atoms with E-state index < -0.39 is 17.9 Å². The maximum Gasteiger partial charge on any atom is 0.431 e. The Hall–Kier alpha value is -2.32. The highest BCUT2D eigenvalue weighted by atomic mass is 79.9. The van der Waals surface area contributed by atoms with Gasteiger partial charge < -0.3 is 10.1 Å². The van der Waals surface area contributed by atoms with Gasteiger partial charge in [0.25, 0.3) is 11.8 Å². The summed E-state index contributed by atoms with van der Waals surface area (Å²) in [4.78, 5) is 43.0. The van der Waals surface area contributed by atoms with Crippen LogP contribution in [0.4, 0.5) is 10.5 Å². The van der Waals surface area contributed by atoms with Crippen molar-refractivity contribution in [1.29, 1.82) is 0 Å². The molecule has 1 N–H and O–H groups in total. The quantitative estimate of drug-likeness (QED) is 0.372. The van der Waals surface area contributed by atoms with Crippen molar-refractivity contribution in [2.45, 2.75) is 0 Å². The third-order valence-corrected chi connectivity index (χ3v) is 6.08. The van der Waals surface area contributed by atoms with Crippen LogP contribution >= 0.6 is 59.4 Å². The molecule has 34 heavy (non-hydrogen) atoms. The van der Waals surface area contributed by atoms with E-state index in [1.165, 1.54) is 42.1 Å². The smallest absolute Gasteiger partial charge is 0.431 e. The second kappa shape index (κ2) is 11.0. The molecular formula is C20H16Br3ClN6O4. The summed E-state index contributed by atoms with van der Waals surface area (Å²) < 4.78 is 7.30. The highest BCUT2D eigenvalue weighted by Crippen LogP contribution is 2.33. The Morgan fingerprint density at radius 1 is 1.15 bits per heavy atom. The summed E-state index contributed by atoms with van der Waals surface area (Å²) in [6.45, 7) is 0. The van der Waals surface area contributed by atoms with Crippen molar-refractivity contribution in [1.82, 2.24) is 24.8 Å². The zero-order valence-electron chi connectivity index (χ0n) is 17.8. The molecule has 0 saturated carbocycles. The average molecular weight is 680 g/mol. The number of hydrazine groups is 1. The van der Waals surface area contributed by atoms with E-state index >= 15 is 0 Å². The summed E-state index contributed by atoms with van der Waals surface area (Å²) in [5, 5.41) is 9.31. The Morgan fingerprint density at radius 3 is 2.47 bits per heavy atom. The molecular weight excluding hydrogens is 663 g/mol. The van der Waals surface area contributed by atoms with Crippen LogP contribution in [0.15, 0.2) is 50.1 Å². The van der Waals surface area contributed by atoms with Gasteiger partial charge in [0.2, 0.25) is 0 Å². The Kier molecular flexibility index (Phi) is 8.47. The van der Waals surface area contributed by atoms with Gasteiger partial charge in [-0.3, -0.25) is 9.59 Å². The average Bonchev–Trinajstić information content (AvgIpc) is 3.16. The Morgan fingerprint density at radius 2 is 1.85 bits per heavy atom. The molecule has 0 saturated heterocycles. The number of nitrogens with zero attached hydrogens (tertiary/aromatic N) is 5. The Balaban J connectivity index is 2.07. The number of hydrogen-bond acceptors (Lipinski definition) is 7. The molecule has 0 spiro atoms. The summed E-state index contributed by atoms with van der Waals surface area (Å²) in [5.74, 6) is -1.08. The van der Waals surface area contributed by atoms with Gasteiger partial charge in [-0.15, -0.1) is 0 Å². The lowest BCUT2D eigenvalue weighted by atomic mass is 10.1. The zero-order chi connectivity index (χ0) is 25.2. The van der Waals surface area contributed by atoms with Crippen LogP contribution in [0.5, 0.6) is 0 Å². The summed E-state index contributed by atoms with van der Waals surface area (Å²) >= 11 is 16.2. The van der Waals surface area contributed by atoms with Gasteiger partial charge in [-0.1, -0.05) is 27.5 Å². The molecule has 0 aliphatic heterocycles. The van der Waals surface area contributed by atoms with E-state index in [1.807, 2.05) is 0 Å². The van der Waals surface area contributed by atoms with Crippen molar-refractivity contribution in [3.63, 3.8) is 0 Å². The van der Waals surface area contributed by atoms with E-state index in [0.29, 0.717) is 13.5 Å². The first-order chi connectivity index (χ1) is 16.0. The number of carbonyl (C=O) groups excluding carboxylic acids is 3. The number of nitrogens with one attached hydrogen (secondary N) is 1. The van der Waals surface area contributed by atoms with Crippen molar-refractivity contribution >= 4 is 83.0 Å². The lowest BCUT2D eigenvalue weighted by molar-refractivity contribution is 0.0194. The standard InChI is InChI=1S/C20H16Br3ClN6O4/c1-28(2)30(20(33)34-3)19(32)11-7-10(21)8-12(22)16(11)26-18(31)14-9-15(23)27-29(14)17-13(24)5-4-6-25-17/h4-9H,1-3H3,(H,26,31). The first-order valence-corrected chi connectivity index (χ1v) is 12.1. The van der Waals surface area contributed by atoms with Gasteiger partial charge in [0.15, 0.2) is 5.82 Å². The van der Waals surface area contributed by atoms with E-state index in [0.717, 1.165) is 12.1 Å². The van der Waals surface area contributed by atoms with Crippen molar-refractivity contribution in [3.05, 3.63) is 66.4 Å². The molecule has 3 amide bonds. The molecule has 0 aliphatic rings. The molecule has 0 atom stereocenters. The largest absolute Gasteiger partial charge is 0.451 e. The molecule has 10 nitrogen and oxygen atoms in total. The lowest BCUT2D eigenvalue weighted by Gasteiger charge is -2.26. The summed E-state index contributed by atoms with van der Waals surface area (Å²) in [6, 6.07) is 7.87. The minimum Gasteiger partial charge on any atom is -0.451 e. The van der Waals surface area contributed by atoms with Crippen LogP contribution in [0.2, 0.25) is 5.02 Å². The van der Waals surface area contributed by atoms with E-state index in [-0.39, 0.29) is 27.8 Å². The Bertz CT molecular complexity index is 1280. The van der Waals surface area contributed by atoms with Crippen LogP contribution < -0.4 is 5.32 Å². The fraction of sp³-hybridized carbons (Fsp3) is 0.150. The lowest BCUT2D eigenvalue weighted by Crippen LogP contribution is -2.46. The fourth-order valence-electron chi connectivity index (χ4n) is 2.88. The number of amides is 3. The Labute approximate surface area is 224 Å². The van der Waals surface area contributed by atoms with E-state index in [1.54, 1.807) is 18.2 Å². The SMILES string of the molecule is COC(=O)N(C(=O)c1cc(Br)cc(Br)c1NC(=O)c1cc(Br)nn1-c1ncccc1Cl)N(C)C. The van der Waals surface area contributed by atoms with Crippen LogP contribution in [0.3, 0.4) is 0 Å². The van der Waals surface area contributed by atoms with Crippen molar-refractivity contribution in [3.8, 4) is 5.82 Å². The molecule has 3 rings (SSSR count). The number of ether oxygens (including phenoxy) is 1. The number of benzene rings is 1. The molecule has 0 radical (unpaired) electrons. The summed E-state index contributed by atoms with van der Waals surface area (Å²) in [7, 11) is 4.17. The molecule has 0 aliphatic carbocycles. The summed E-state index contributed by atoms with van der Waals surface area (Å²) in [6.07, 6.45) is 0.624. The second-order valence-electron chi connectivity index (χ2n) is 6.77. The van der Waals surface area contributed by atoms with Crippen LogP contribution in [0, 0.1) is 0 Å². The molecule has 0 unspecified atom stereocenters. The molecule has 14 heteroatoms. The number of rotatable bonds is 5. The number of halogens is 4. The van der Waals surface area contributed by atoms with Crippen molar-refractivity contribution in [2.75, 3.05) is 26.5 Å². The van der Waals surface area contributed by atoms with E-state index in [9.17, 15) is 14.4 Å². The molecule has 2 heterocycles. The minimum absolute atomic E-state index is 0.0229. The predicted octanol–water partition coefficient (Wildman–Crippen LogP) is 5.15. The number of aromatic nitrogens is 3. The topological polar surface area (TPSA) is 110 Å². The number of carbonyl (C=O) groups is 3. The second-order valence-corrected chi connectivity index (χ2v) is 9.76. The number of imide groups is 1. The van der Waals surface area contributed by atoms with Gasteiger partial charge in [0.1, 0.15) is 10.3 Å².